The zero-order chi connectivity index (χ0) is 25.6. The van der Waals surface area contributed by atoms with Crippen LogP contribution in [0.15, 0.2) is 48.7 Å². The van der Waals surface area contributed by atoms with Crippen molar-refractivity contribution in [2.45, 2.75) is 45.0 Å². The Morgan fingerprint density at radius 1 is 1.09 bits per heavy atom. The van der Waals surface area contributed by atoms with Crippen molar-refractivity contribution < 1.29 is 17.9 Å². The Morgan fingerprint density at radius 3 is 2.43 bits per heavy atom. The summed E-state index contributed by atoms with van der Waals surface area (Å²) >= 11 is 6.47. The van der Waals surface area contributed by atoms with E-state index in [1.165, 1.54) is 6.20 Å². The minimum Gasteiger partial charge on any atom is -0.491 e. The summed E-state index contributed by atoms with van der Waals surface area (Å²) in [6.07, 6.45) is 3.51. The second kappa shape index (κ2) is 11.1. The van der Waals surface area contributed by atoms with Crippen molar-refractivity contribution >= 4 is 21.4 Å². The Labute approximate surface area is 211 Å². The van der Waals surface area contributed by atoms with Gasteiger partial charge >= 0.3 is 0 Å². The average Bonchev–Trinajstić information content (AvgIpc) is 2.81. The van der Waals surface area contributed by atoms with Gasteiger partial charge in [-0.2, -0.15) is 5.26 Å². The lowest BCUT2D eigenvalue weighted by atomic mass is 9.77. The molecule has 0 aliphatic carbocycles. The zero-order valence-corrected chi connectivity index (χ0v) is 21.8. The third-order valence-corrected chi connectivity index (χ3v) is 6.55. The van der Waals surface area contributed by atoms with Gasteiger partial charge in [-0.1, -0.05) is 44.5 Å². The molecule has 0 radical (unpaired) electrons. The van der Waals surface area contributed by atoms with Gasteiger partial charge in [-0.3, -0.25) is 0 Å². The maximum absolute atomic E-state index is 11.5. The summed E-state index contributed by atoms with van der Waals surface area (Å²) < 4.78 is 34.5. The van der Waals surface area contributed by atoms with Crippen molar-refractivity contribution in [2.24, 2.45) is 0 Å². The minimum absolute atomic E-state index is 0.112. The van der Waals surface area contributed by atoms with Crippen molar-refractivity contribution in [3.05, 3.63) is 81.9 Å². The van der Waals surface area contributed by atoms with E-state index in [1.807, 2.05) is 43.3 Å². The van der Waals surface area contributed by atoms with Gasteiger partial charge < -0.3 is 9.47 Å². The van der Waals surface area contributed by atoms with Gasteiger partial charge in [-0.25, -0.2) is 18.4 Å². The number of sulfone groups is 1. The average molecular weight is 514 g/mol. The molecule has 0 aliphatic rings. The molecule has 35 heavy (non-hydrogen) atoms. The van der Waals surface area contributed by atoms with Crippen LogP contribution in [0.2, 0.25) is 5.02 Å². The summed E-state index contributed by atoms with van der Waals surface area (Å²) in [6.45, 7) is 6.72. The van der Waals surface area contributed by atoms with E-state index in [-0.39, 0.29) is 12.4 Å². The third-order valence-electron chi connectivity index (χ3n) is 5.45. The number of benzene rings is 2. The monoisotopic (exact) mass is 513 g/mol. The SMILES string of the molecule is CCCOc1c(Cl)cc(C(C)(C)c2ccc(OCc3nccc(CS(C)(=O)=O)n3)cc2)cc1C#N. The molecule has 0 fully saturated rings. The standard InChI is InChI=1S/C26H28ClN3O4S/c1-5-12-33-25-18(15-28)13-20(14-23(25)27)26(2,3)19-6-8-22(9-7-19)34-16-24-29-11-10-21(30-24)17-35(4,31)32/h6-11,13-14H,5,12,16-17H2,1-4H3. The van der Waals surface area contributed by atoms with Gasteiger partial charge in [0.05, 0.1) is 28.6 Å². The first-order chi connectivity index (χ1) is 16.5. The van der Waals surface area contributed by atoms with Crippen LogP contribution < -0.4 is 9.47 Å². The predicted molar refractivity (Wildman–Crippen MR) is 135 cm³/mol. The van der Waals surface area contributed by atoms with Crippen molar-refractivity contribution in [2.75, 3.05) is 12.9 Å². The topological polar surface area (TPSA) is 102 Å². The molecule has 0 bridgehead atoms. The number of halogens is 1. The van der Waals surface area contributed by atoms with E-state index in [4.69, 9.17) is 21.1 Å². The van der Waals surface area contributed by atoms with Crippen LogP contribution >= 0.6 is 11.6 Å². The summed E-state index contributed by atoms with van der Waals surface area (Å²) in [5.74, 6) is 1.30. The Bertz CT molecular complexity index is 1330. The van der Waals surface area contributed by atoms with E-state index in [0.717, 1.165) is 23.8 Å². The number of hydrogen-bond acceptors (Lipinski definition) is 7. The first-order valence-electron chi connectivity index (χ1n) is 11.1. The lowest BCUT2D eigenvalue weighted by molar-refractivity contribution is 0.295. The lowest BCUT2D eigenvalue weighted by Gasteiger charge is -2.27. The Morgan fingerprint density at radius 2 is 1.80 bits per heavy atom. The molecule has 3 aromatic rings. The van der Waals surface area contributed by atoms with Gasteiger partial charge in [0.2, 0.25) is 0 Å². The smallest absolute Gasteiger partial charge is 0.166 e. The molecule has 0 unspecified atom stereocenters. The number of hydrogen-bond donors (Lipinski definition) is 0. The quantitative estimate of drug-likeness (QED) is 0.365. The first kappa shape index (κ1) is 26.5. The lowest BCUT2D eigenvalue weighted by Crippen LogP contribution is -2.19. The summed E-state index contributed by atoms with van der Waals surface area (Å²) in [5.41, 5.74) is 2.32. The van der Waals surface area contributed by atoms with Gasteiger partial charge in [-0.15, -0.1) is 0 Å². The van der Waals surface area contributed by atoms with Gasteiger partial charge in [0.25, 0.3) is 0 Å². The van der Waals surface area contributed by atoms with Crippen LogP contribution in [0.4, 0.5) is 0 Å². The molecule has 0 spiro atoms. The van der Waals surface area contributed by atoms with E-state index in [2.05, 4.69) is 29.9 Å². The molecule has 7 nitrogen and oxygen atoms in total. The fourth-order valence-electron chi connectivity index (χ4n) is 3.53. The van der Waals surface area contributed by atoms with Crippen molar-refractivity contribution in [3.63, 3.8) is 0 Å². The van der Waals surface area contributed by atoms with E-state index >= 15 is 0 Å². The largest absolute Gasteiger partial charge is 0.491 e. The van der Waals surface area contributed by atoms with Crippen LogP contribution in [0.3, 0.4) is 0 Å². The maximum Gasteiger partial charge on any atom is 0.166 e. The highest BCUT2D eigenvalue weighted by atomic mass is 35.5. The number of aromatic nitrogens is 2. The summed E-state index contributed by atoms with van der Waals surface area (Å²) in [6, 6.07) is 15.0. The highest BCUT2D eigenvalue weighted by Crippen LogP contribution is 2.38. The van der Waals surface area contributed by atoms with Gasteiger partial charge in [0.15, 0.2) is 21.4 Å². The molecular formula is C26H28ClN3O4S. The molecule has 0 saturated carbocycles. The zero-order valence-electron chi connectivity index (χ0n) is 20.2. The highest BCUT2D eigenvalue weighted by Gasteiger charge is 2.26. The summed E-state index contributed by atoms with van der Waals surface area (Å²) in [5, 5.41) is 10.0. The van der Waals surface area contributed by atoms with Crippen LogP contribution in [0, 0.1) is 11.3 Å². The van der Waals surface area contributed by atoms with Crippen LogP contribution in [0.5, 0.6) is 11.5 Å². The van der Waals surface area contributed by atoms with E-state index in [9.17, 15) is 13.7 Å². The second-order valence-corrected chi connectivity index (χ2v) is 11.3. The summed E-state index contributed by atoms with van der Waals surface area (Å²) in [4.78, 5) is 8.41. The Balaban J connectivity index is 1.75. The van der Waals surface area contributed by atoms with Gasteiger partial charge in [-0.05, 0) is 47.9 Å². The van der Waals surface area contributed by atoms with Crippen LogP contribution in [0.25, 0.3) is 0 Å². The van der Waals surface area contributed by atoms with E-state index in [1.54, 1.807) is 6.07 Å². The molecule has 3 rings (SSSR count). The molecular weight excluding hydrogens is 486 g/mol. The second-order valence-electron chi connectivity index (χ2n) is 8.77. The van der Waals surface area contributed by atoms with E-state index < -0.39 is 15.3 Å². The van der Waals surface area contributed by atoms with Crippen molar-refractivity contribution in [1.29, 1.82) is 5.26 Å². The first-order valence-corrected chi connectivity index (χ1v) is 13.6. The van der Waals surface area contributed by atoms with Crippen LogP contribution in [-0.2, 0) is 27.6 Å². The maximum atomic E-state index is 11.5. The molecule has 0 N–H and O–H groups in total. The molecule has 1 aromatic heterocycles. The Kier molecular flexibility index (Phi) is 8.36. The van der Waals surface area contributed by atoms with Crippen molar-refractivity contribution in [1.82, 2.24) is 9.97 Å². The van der Waals surface area contributed by atoms with Crippen molar-refractivity contribution in [3.8, 4) is 17.6 Å². The van der Waals surface area contributed by atoms with Gasteiger partial charge in [0.1, 0.15) is 18.4 Å². The third kappa shape index (κ3) is 6.93. The van der Waals surface area contributed by atoms with E-state index in [0.29, 0.717) is 40.2 Å². The fourth-order valence-corrected chi connectivity index (χ4v) is 4.50. The molecule has 1 heterocycles. The predicted octanol–water partition coefficient (Wildman–Crippen LogP) is 5.24. The number of nitriles is 1. The molecule has 0 atom stereocenters. The Hall–Kier alpha value is -3.15. The molecule has 184 valence electrons. The fraction of sp³-hybridized carbons (Fsp3) is 0.346. The molecule has 9 heteroatoms. The van der Waals surface area contributed by atoms with Crippen LogP contribution in [0.1, 0.15) is 55.4 Å². The highest BCUT2D eigenvalue weighted by molar-refractivity contribution is 7.89. The normalized spacial score (nSPS) is 11.7. The summed E-state index contributed by atoms with van der Waals surface area (Å²) in [7, 11) is -3.18. The molecule has 0 amide bonds. The molecule has 0 aliphatic heterocycles. The number of rotatable bonds is 10. The van der Waals surface area contributed by atoms with Gasteiger partial charge in [0, 0.05) is 17.9 Å². The van der Waals surface area contributed by atoms with Crippen LogP contribution in [-0.4, -0.2) is 31.2 Å². The molecule has 2 aromatic carbocycles. The minimum atomic E-state index is -3.18. The molecule has 0 saturated heterocycles. The number of nitrogens with zero attached hydrogens (tertiary/aromatic N) is 3. The number of ether oxygens (including phenoxy) is 2.